The molecule has 0 radical (unpaired) electrons. The molecule has 0 aliphatic carbocycles. The molecule has 0 saturated carbocycles. The van der Waals surface area contributed by atoms with Gasteiger partial charge in [0, 0.05) is 16.8 Å². The summed E-state index contributed by atoms with van der Waals surface area (Å²) in [7, 11) is 1.49. The first-order valence-corrected chi connectivity index (χ1v) is 6.78. The molecule has 0 unspecified atom stereocenters. The highest BCUT2D eigenvalue weighted by Crippen LogP contribution is 2.34. The van der Waals surface area contributed by atoms with Gasteiger partial charge in [0.25, 0.3) is 0 Å². The number of rotatable bonds is 2. The molecule has 0 atom stereocenters. The zero-order chi connectivity index (χ0) is 15.1. The molecule has 0 spiro atoms. The molecule has 108 valence electrons. The van der Waals surface area contributed by atoms with Crippen molar-refractivity contribution >= 4 is 21.7 Å². The Morgan fingerprint density at radius 2 is 1.86 bits per heavy atom. The second kappa shape index (κ2) is 4.81. The number of aromatic hydroxyl groups is 1. The molecule has 0 aliphatic heterocycles. The van der Waals surface area contributed by atoms with Crippen LogP contribution in [-0.2, 0) is 0 Å². The highest BCUT2D eigenvalue weighted by Gasteiger charge is 2.12. The summed E-state index contributed by atoms with van der Waals surface area (Å²) in [5, 5.41) is 11.9. The van der Waals surface area contributed by atoms with E-state index in [1.54, 1.807) is 6.07 Å². The molecule has 1 N–H and O–H groups in total. The zero-order valence-electron chi connectivity index (χ0n) is 12.1. The molecule has 4 nitrogen and oxygen atoms in total. The molecule has 0 fully saturated rings. The quantitative estimate of drug-likeness (QED) is 0.574. The van der Waals surface area contributed by atoms with Crippen molar-refractivity contribution in [2.45, 2.75) is 19.8 Å². The number of benzene rings is 2. The minimum atomic E-state index is -0.399. The van der Waals surface area contributed by atoms with Crippen LogP contribution >= 0.6 is 0 Å². The monoisotopic (exact) mass is 284 g/mol. The van der Waals surface area contributed by atoms with Crippen LogP contribution in [0.15, 0.2) is 39.5 Å². The number of methoxy groups -OCH3 is 1. The van der Waals surface area contributed by atoms with E-state index in [9.17, 15) is 9.90 Å². The van der Waals surface area contributed by atoms with Gasteiger partial charge >= 0.3 is 5.63 Å². The largest absolute Gasteiger partial charge is 0.504 e. The first-order chi connectivity index (χ1) is 10.0. The van der Waals surface area contributed by atoms with E-state index in [1.807, 2.05) is 18.2 Å². The molecule has 0 aliphatic rings. The zero-order valence-corrected chi connectivity index (χ0v) is 12.1. The number of hydrogen-bond acceptors (Lipinski definition) is 4. The normalized spacial score (nSPS) is 11.4. The number of phenols is 1. The third-order valence-electron chi connectivity index (χ3n) is 3.70. The predicted molar refractivity (Wildman–Crippen MR) is 82.3 cm³/mol. The van der Waals surface area contributed by atoms with Gasteiger partial charge in [-0.2, -0.15) is 0 Å². The van der Waals surface area contributed by atoms with Crippen LogP contribution in [0.2, 0.25) is 0 Å². The van der Waals surface area contributed by atoms with Gasteiger partial charge in [-0.25, -0.2) is 4.79 Å². The van der Waals surface area contributed by atoms with Gasteiger partial charge in [-0.3, -0.25) is 0 Å². The minimum absolute atomic E-state index is 0.0497. The molecule has 2 aromatic carbocycles. The van der Waals surface area contributed by atoms with Gasteiger partial charge in [0.1, 0.15) is 5.58 Å². The lowest BCUT2D eigenvalue weighted by molar-refractivity contribution is 0.373. The first-order valence-electron chi connectivity index (χ1n) is 6.78. The molecule has 1 heterocycles. The summed E-state index contributed by atoms with van der Waals surface area (Å²) in [4.78, 5) is 12.2. The van der Waals surface area contributed by atoms with Crippen molar-refractivity contribution in [3.05, 3.63) is 46.3 Å². The van der Waals surface area contributed by atoms with E-state index in [4.69, 9.17) is 9.15 Å². The molecule has 1 aromatic heterocycles. The fraction of sp³-hybridized carbons (Fsp3) is 0.235. The summed E-state index contributed by atoms with van der Waals surface area (Å²) >= 11 is 0. The summed E-state index contributed by atoms with van der Waals surface area (Å²) in [5.41, 5.74) is 1.03. The summed E-state index contributed by atoms with van der Waals surface area (Å²) in [5.74, 6) is 0.635. The summed E-state index contributed by atoms with van der Waals surface area (Å²) in [6.45, 7) is 4.15. The van der Waals surface area contributed by atoms with Crippen molar-refractivity contribution in [2.75, 3.05) is 7.11 Å². The summed E-state index contributed by atoms with van der Waals surface area (Å²) in [6, 6.07) is 8.88. The van der Waals surface area contributed by atoms with E-state index >= 15 is 0 Å². The Labute approximate surface area is 121 Å². The Balaban J connectivity index is 2.44. The van der Waals surface area contributed by atoms with Crippen LogP contribution in [0.4, 0.5) is 0 Å². The SMILES string of the molecule is COc1cc2c(cc1O)oc(=O)c1cc(C(C)C)ccc12. The van der Waals surface area contributed by atoms with Crippen molar-refractivity contribution in [2.24, 2.45) is 0 Å². The van der Waals surface area contributed by atoms with E-state index < -0.39 is 5.63 Å². The van der Waals surface area contributed by atoms with Gasteiger partial charge < -0.3 is 14.3 Å². The van der Waals surface area contributed by atoms with Gasteiger partial charge in [-0.1, -0.05) is 26.0 Å². The Hall–Kier alpha value is -2.49. The van der Waals surface area contributed by atoms with Crippen molar-refractivity contribution in [3.63, 3.8) is 0 Å². The molecule has 3 rings (SSSR count). The Bertz CT molecular complexity index is 891. The Morgan fingerprint density at radius 3 is 2.52 bits per heavy atom. The van der Waals surface area contributed by atoms with Gasteiger partial charge in [-0.15, -0.1) is 0 Å². The highest BCUT2D eigenvalue weighted by atomic mass is 16.5. The van der Waals surface area contributed by atoms with Crippen LogP contribution < -0.4 is 10.4 Å². The molecular weight excluding hydrogens is 268 g/mol. The van der Waals surface area contributed by atoms with Crippen LogP contribution in [-0.4, -0.2) is 12.2 Å². The van der Waals surface area contributed by atoms with Crippen LogP contribution in [0.3, 0.4) is 0 Å². The van der Waals surface area contributed by atoms with E-state index in [1.165, 1.54) is 13.2 Å². The Morgan fingerprint density at radius 1 is 1.10 bits per heavy atom. The standard InChI is InChI=1S/C17H16O4/c1-9(2)10-4-5-11-12-7-16(20-3)14(18)8-15(12)21-17(19)13(11)6-10/h4-9,18H,1-3H3. The molecular formula is C17H16O4. The van der Waals surface area contributed by atoms with Crippen molar-refractivity contribution in [1.82, 2.24) is 0 Å². The van der Waals surface area contributed by atoms with E-state index in [0.29, 0.717) is 22.6 Å². The summed E-state index contributed by atoms with van der Waals surface area (Å²) in [6.07, 6.45) is 0. The second-order valence-electron chi connectivity index (χ2n) is 5.37. The lowest BCUT2D eigenvalue weighted by atomic mass is 9.98. The van der Waals surface area contributed by atoms with Crippen molar-refractivity contribution < 1.29 is 14.3 Å². The fourth-order valence-corrected chi connectivity index (χ4v) is 2.49. The van der Waals surface area contributed by atoms with Crippen LogP contribution in [0, 0.1) is 0 Å². The van der Waals surface area contributed by atoms with E-state index in [2.05, 4.69) is 13.8 Å². The smallest absolute Gasteiger partial charge is 0.344 e. The molecule has 0 bridgehead atoms. The topological polar surface area (TPSA) is 59.7 Å². The van der Waals surface area contributed by atoms with E-state index in [-0.39, 0.29) is 5.75 Å². The van der Waals surface area contributed by atoms with Gasteiger partial charge in [0.2, 0.25) is 0 Å². The average molecular weight is 284 g/mol. The maximum Gasteiger partial charge on any atom is 0.344 e. The maximum atomic E-state index is 12.2. The maximum absolute atomic E-state index is 12.2. The van der Waals surface area contributed by atoms with Crippen LogP contribution in [0.25, 0.3) is 21.7 Å². The number of hydrogen-bond donors (Lipinski definition) is 1. The average Bonchev–Trinajstić information content (AvgIpc) is 2.46. The third kappa shape index (κ3) is 2.13. The van der Waals surface area contributed by atoms with Crippen molar-refractivity contribution in [3.8, 4) is 11.5 Å². The first kappa shape index (κ1) is 13.5. The molecule has 0 saturated heterocycles. The third-order valence-corrected chi connectivity index (χ3v) is 3.70. The van der Waals surface area contributed by atoms with Crippen LogP contribution in [0.5, 0.6) is 11.5 Å². The van der Waals surface area contributed by atoms with Gasteiger partial charge in [0.15, 0.2) is 11.5 Å². The molecule has 21 heavy (non-hydrogen) atoms. The highest BCUT2D eigenvalue weighted by molar-refractivity contribution is 6.05. The van der Waals surface area contributed by atoms with Crippen LogP contribution in [0.1, 0.15) is 25.3 Å². The minimum Gasteiger partial charge on any atom is -0.504 e. The number of fused-ring (bicyclic) bond motifs is 3. The second-order valence-corrected chi connectivity index (χ2v) is 5.37. The Kier molecular flexibility index (Phi) is 3.09. The molecule has 0 amide bonds. The molecule has 4 heteroatoms. The fourth-order valence-electron chi connectivity index (χ4n) is 2.49. The number of phenolic OH excluding ortho intramolecular Hbond substituents is 1. The lowest BCUT2D eigenvalue weighted by Gasteiger charge is -2.09. The lowest BCUT2D eigenvalue weighted by Crippen LogP contribution is -2.01. The van der Waals surface area contributed by atoms with Gasteiger partial charge in [0.05, 0.1) is 12.5 Å². The van der Waals surface area contributed by atoms with Gasteiger partial charge in [-0.05, 0) is 23.6 Å². The summed E-state index contributed by atoms with van der Waals surface area (Å²) < 4.78 is 10.4. The van der Waals surface area contributed by atoms with E-state index in [0.717, 1.165) is 16.3 Å². The van der Waals surface area contributed by atoms with Crippen molar-refractivity contribution in [1.29, 1.82) is 0 Å². The number of ether oxygens (including phenoxy) is 1. The predicted octanol–water partition coefficient (Wildman–Crippen LogP) is 3.78. The molecule has 3 aromatic rings.